The molecule has 3 saturated carbocycles. The van der Waals surface area contributed by atoms with Crippen LogP contribution in [-0.4, -0.2) is 54.0 Å². The van der Waals surface area contributed by atoms with Gasteiger partial charge in [0.1, 0.15) is 5.78 Å². The Labute approximate surface area is 277 Å². The van der Waals surface area contributed by atoms with Crippen molar-refractivity contribution < 1.29 is 23.9 Å². The third-order valence-electron chi connectivity index (χ3n) is 11.0. The van der Waals surface area contributed by atoms with Crippen LogP contribution >= 0.6 is 0 Å². The predicted octanol–water partition coefficient (Wildman–Crippen LogP) is 6.16. The number of rotatable bonds is 22. The highest BCUT2D eigenvalue weighted by Gasteiger charge is 2.68. The zero-order chi connectivity index (χ0) is 33.9. The number of hydrogen-bond donors (Lipinski definition) is 3. The Bertz CT molecular complexity index is 1040. The molecule has 4 fully saturated rings. The van der Waals surface area contributed by atoms with E-state index in [0.717, 1.165) is 32.1 Å². The molecule has 1 heterocycles. The average Bonchev–Trinajstić information content (AvgIpc) is 3.34. The van der Waals surface area contributed by atoms with Gasteiger partial charge < -0.3 is 20.4 Å². The van der Waals surface area contributed by atoms with E-state index in [0.29, 0.717) is 43.4 Å². The highest BCUT2D eigenvalue weighted by Crippen LogP contribution is 2.65. The average molecular weight is 648 g/mol. The molecule has 0 radical (unpaired) electrons. The Morgan fingerprint density at radius 2 is 1.70 bits per heavy atom. The first-order valence-electron chi connectivity index (χ1n) is 18.1. The standard InChI is InChI=1S/C34H62BN5O6/c1-7-8-9-10-11-12-13-14-15-18-27(41)21-25(17-16-19-37-32(36)39-40(43)44)31(42)38-30(20-24(2)3)35-45-29-23-26-22-28(33(26,4)5)34(29,6)46-35/h24-26,28-30H,7-23H2,1-6H3,(H,38,42)(H3,36,37,39)/t25-,26-,28-,29-,30+,34+/m1/s1. The zero-order valence-electron chi connectivity index (χ0n) is 29.5. The fourth-order valence-corrected chi connectivity index (χ4v) is 8.12. The van der Waals surface area contributed by atoms with Crippen molar-refractivity contribution in [2.75, 3.05) is 6.54 Å². The van der Waals surface area contributed by atoms with Crippen LogP contribution < -0.4 is 16.5 Å². The molecule has 0 aromatic heterocycles. The molecular formula is C34H62BN5O6. The van der Waals surface area contributed by atoms with Gasteiger partial charge in [0.05, 0.1) is 17.6 Å². The van der Waals surface area contributed by atoms with Crippen LogP contribution in [0.25, 0.3) is 0 Å². The molecule has 11 nitrogen and oxygen atoms in total. The summed E-state index contributed by atoms with van der Waals surface area (Å²) < 4.78 is 13.3. The fraction of sp³-hybridized carbons (Fsp3) is 0.912. The molecule has 262 valence electrons. The van der Waals surface area contributed by atoms with Gasteiger partial charge in [-0.1, -0.05) is 91.4 Å². The van der Waals surface area contributed by atoms with Crippen molar-refractivity contribution in [2.24, 2.45) is 39.8 Å². The van der Waals surface area contributed by atoms with E-state index < -0.39 is 18.1 Å². The number of amides is 1. The molecule has 46 heavy (non-hydrogen) atoms. The van der Waals surface area contributed by atoms with E-state index in [1.807, 2.05) is 5.43 Å². The quantitative estimate of drug-likeness (QED) is 0.0315. The SMILES string of the molecule is CCCCCCCCCCCC(=O)C[C@@H](CCCN=C(N)N[N+](=O)[O-])C(=O)N[C@@H](CC(C)C)B1O[C@@H]2C[C@H]3C[C@H](C3(C)C)[C@]2(C)O1. The number of nitro groups is 1. The maximum Gasteiger partial charge on any atom is 0.481 e. The first-order valence-corrected chi connectivity index (χ1v) is 18.1. The van der Waals surface area contributed by atoms with Crippen molar-refractivity contribution in [3.8, 4) is 0 Å². The lowest BCUT2D eigenvalue weighted by molar-refractivity contribution is -0.525. The van der Waals surface area contributed by atoms with Crippen LogP contribution in [0.15, 0.2) is 4.99 Å². The molecule has 0 aromatic carbocycles. The molecule has 1 amide bonds. The second-order valence-corrected chi connectivity index (χ2v) is 15.4. The lowest BCUT2D eigenvalue weighted by Crippen LogP contribution is -2.65. The summed E-state index contributed by atoms with van der Waals surface area (Å²) in [5.41, 5.74) is 7.25. The Kier molecular flexibility index (Phi) is 14.8. The maximum atomic E-state index is 13.9. The number of unbranched alkanes of at least 4 members (excludes halogenated alkanes) is 8. The normalized spacial score (nSPS) is 26.3. The highest BCUT2D eigenvalue weighted by molar-refractivity contribution is 6.47. The minimum Gasteiger partial charge on any atom is -0.404 e. The van der Waals surface area contributed by atoms with Crippen LogP contribution in [-0.2, 0) is 18.9 Å². The number of nitrogens with two attached hydrogens (primary N) is 1. The molecule has 0 unspecified atom stereocenters. The minimum absolute atomic E-state index is 0.0191. The molecular weight excluding hydrogens is 585 g/mol. The van der Waals surface area contributed by atoms with Crippen molar-refractivity contribution in [1.82, 2.24) is 10.7 Å². The van der Waals surface area contributed by atoms with E-state index in [-0.39, 0.29) is 53.7 Å². The molecule has 6 atom stereocenters. The first kappa shape index (κ1) is 38.2. The van der Waals surface area contributed by atoms with E-state index in [4.69, 9.17) is 15.0 Å². The molecule has 4 aliphatic rings. The topological polar surface area (TPSA) is 158 Å². The zero-order valence-corrected chi connectivity index (χ0v) is 29.5. The van der Waals surface area contributed by atoms with Crippen LogP contribution in [0.5, 0.6) is 0 Å². The Balaban J connectivity index is 1.59. The monoisotopic (exact) mass is 647 g/mol. The molecule has 0 aromatic rings. The summed E-state index contributed by atoms with van der Waals surface area (Å²) in [7, 11) is -0.535. The number of hydrogen-bond acceptors (Lipinski definition) is 7. The van der Waals surface area contributed by atoms with E-state index in [9.17, 15) is 19.7 Å². The van der Waals surface area contributed by atoms with Crippen LogP contribution in [0, 0.1) is 39.2 Å². The Morgan fingerprint density at radius 3 is 2.30 bits per heavy atom. The summed E-state index contributed by atoms with van der Waals surface area (Å²) in [4.78, 5) is 41.6. The van der Waals surface area contributed by atoms with Gasteiger partial charge in [-0.15, -0.1) is 0 Å². The fourth-order valence-electron chi connectivity index (χ4n) is 8.12. The Hall–Kier alpha value is -2.21. The first-order chi connectivity index (χ1) is 21.8. The molecule has 0 spiro atoms. The van der Waals surface area contributed by atoms with E-state index >= 15 is 0 Å². The third-order valence-corrected chi connectivity index (χ3v) is 11.0. The number of carbonyl (C=O) groups is 2. The van der Waals surface area contributed by atoms with E-state index in [1.54, 1.807) is 0 Å². The number of nitrogens with zero attached hydrogens (tertiary/aromatic N) is 2. The molecule has 1 aliphatic heterocycles. The number of carbonyl (C=O) groups excluding carboxylic acids is 2. The third kappa shape index (κ3) is 10.7. The van der Waals surface area contributed by atoms with Crippen molar-refractivity contribution in [3.63, 3.8) is 0 Å². The summed E-state index contributed by atoms with van der Waals surface area (Å²) >= 11 is 0. The number of Topliss-reactive ketones (excluding diaryl/α,β-unsaturated/α-hetero) is 1. The predicted molar refractivity (Wildman–Crippen MR) is 182 cm³/mol. The van der Waals surface area contributed by atoms with Crippen LogP contribution in [0.3, 0.4) is 0 Å². The summed E-state index contributed by atoms with van der Waals surface area (Å²) in [6, 6.07) is 0. The van der Waals surface area contributed by atoms with Gasteiger partial charge in [-0.2, -0.15) is 0 Å². The van der Waals surface area contributed by atoms with Gasteiger partial charge in [-0.3, -0.25) is 9.59 Å². The van der Waals surface area contributed by atoms with Gasteiger partial charge >= 0.3 is 7.12 Å². The summed E-state index contributed by atoms with van der Waals surface area (Å²) in [6.45, 7) is 13.5. The maximum absolute atomic E-state index is 13.9. The highest BCUT2D eigenvalue weighted by atomic mass is 16.7. The molecule has 1 saturated heterocycles. The largest absolute Gasteiger partial charge is 0.481 e. The summed E-state index contributed by atoms with van der Waals surface area (Å²) in [5, 5.41) is 13.1. The minimum atomic E-state index is -0.761. The van der Waals surface area contributed by atoms with Gasteiger partial charge in [-0.05, 0) is 68.6 Å². The van der Waals surface area contributed by atoms with Gasteiger partial charge in [-0.25, -0.2) is 15.1 Å². The van der Waals surface area contributed by atoms with Crippen molar-refractivity contribution in [1.29, 1.82) is 0 Å². The smallest absolute Gasteiger partial charge is 0.404 e. The second-order valence-electron chi connectivity index (χ2n) is 15.4. The lowest BCUT2D eigenvalue weighted by atomic mass is 9.43. The van der Waals surface area contributed by atoms with Gasteiger partial charge in [0.2, 0.25) is 5.91 Å². The Morgan fingerprint density at radius 1 is 1.04 bits per heavy atom. The molecule has 2 bridgehead atoms. The lowest BCUT2D eigenvalue weighted by Gasteiger charge is -2.64. The van der Waals surface area contributed by atoms with Gasteiger partial charge in [0.25, 0.3) is 5.96 Å². The number of ketones is 1. The second kappa shape index (κ2) is 17.8. The summed E-state index contributed by atoms with van der Waals surface area (Å²) in [6.07, 6.45) is 15.0. The molecule has 4 N–H and O–H groups in total. The number of hydrazine groups is 1. The van der Waals surface area contributed by atoms with Crippen LogP contribution in [0.1, 0.15) is 144 Å². The van der Waals surface area contributed by atoms with Crippen molar-refractivity contribution in [2.45, 2.75) is 162 Å². The molecule has 4 rings (SSSR count). The number of guanidine groups is 1. The molecule has 3 aliphatic carbocycles. The number of nitrogens with one attached hydrogen (secondary N) is 2. The van der Waals surface area contributed by atoms with Crippen molar-refractivity contribution >= 4 is 24.8 Å². The number of aliphatic imine (C=N–C) groups is 1. The van der Waals surface area contributed by atoms with E-state index in [1.165, 1.54) is 38.5 Å². The van der Waals surface area contributed by atoms with Gasteiger partial charge in [0.15, 0.2) is 5.03 Å². The van der Waals surface area contributed by atoms with E-state index in [2.05, 4.69) is 51.9 Å². The van der Waals surface area contributed by atoms with Crippen molar-refractivity contribution in [3.05, 3.63) is 10.1 Å². The van der Waals surface area contributed by atoms with Gasteiger partial charge in [0, 0.05) is 25.3 Å². The molecule has 12 heteroatoms. The van der Waals surface area contributed by atoms with Crippen LogP contribution in [0.4, 0.5) is 0 Å². The van der Waals surface area contributed by atoms with Crippen LogP contribution in [0.2, 0.25) is 0 Å². The summed E-state index contributed by atoms with van der Waals surface area (Å²) in [5.74, 6) is 0.128.